The van der Waals surface area contributed by atoms with Crippen LogP contribution in [0.15, 0.2) is 42.7 Å². The summed E-state index contributed by atoms with van der Waals surface area (Å²) in [4.78, 5) is 6.69. The molecule has 0 aliphatic carbocycles. The van der Waals surface area contributed by atoms with Crippen LogP contribution in [0.25, 0.3) is 16.8 Å². The number of hydrogen-bond donors (Lipinski definition) is 1. The largest absolute Gasteiger partial charge is 0.394 e. The molecule has 24 heavy (non-hydrogen) atoms. The zero-order chi connectivity index (χ0) is 16.5. The highest BCUT2D eigenvalue weighted by Crippen LogP contribution is 2.29. The van der Waals surface area contributed by atoms with E-state index in [2.05, 4.69) is 21.1 Å². The van der Waals surface area contributed by atoms with Crippen LogP contribution in [0.2, 0.25) is 0 Å². The molecular weight excluding hydrogens is 302 g/mol. The van der Waals surface area contributed by atoms with E-state index < -0.39 is 0 Å². The lowest BCUT2D eigenvalue weighted by Crippen LogP contribution is -2.33. The van der Waals surface area contributed by atoms with Gasteiger partial charge in [-0.25, -0.2) is 4.98 Å². The molecule has 120 valence electrons. The summed E-state index contributed by atoms with van der Waals surface area (Å²) in [5.41, 5.74) is 3.32. The Morgan fingerprint density at radius 2 is 2.08 bits per heavy atom. The van der Waals surface area contributed by atoms with Crippen molar-refractivity contribution >= 4 is 11.5 Å². The van der Waals surface area contributed by atoms with Crippen molar-refractivity contribution in [2.24, 2.45) is 0 Å². The molecule has 0 unspecified atom stereocenters. The van der Waals surface area contributed by atoms with Crippen LogP contribution in [0.5, 0.6) is 0 Å². The summed E-state index contributed by atoms with van der Waals surface area (Å²) in [6.07, 6.45) is 5.65. The number of aliphatic hydroxyl groups is 1. The van der Waals surface area contributed by atoms with Gasteiger partial charge < -0.3 is 10.0 Å². The second-order valence-corrected chi connectivity index (χ2v) is 5.96. The zero-order valence-electron chi connectivity index (χ0n) is 13.1. The first-order valence-electron chi connectivity index (χ1n) is 8.02. The smallest absolute Gasteiger partial charge is 0.165 e. The first kappa shape index (κ1) is 14.7. The van der Waals surface area contributed by atoms with Crippen molar-refractivity contribution in [2.75, 3.05) is 18.1 Å². The molecule has 1 fully saturated rings. The Labute approximate surface area is 139 Å². The van der Waals surface area contributed by atoms with E-state index in [1.807, 2.05) is 22.7 Å². The third-order valence-corrected chi connectivity index (χ3v) is 4.59. The second-order valence-electron chi connectivity index (χ2n) is 5.96. The van der Waals surface area contributed by atoms with Gasteiger partial charge in [0.25, 0.3) is 0 Å². The number of aromatic nitrogens is 3. The minimum Gasteiger partial charge on any atom is -0.394 e. The minimum absolute atomic E-state index is 0.137. The SMILES string of the molecule is N#Cc1ccc(-c2cnn3c(N4CCC[C@H]4CO)ccnc23)cc1. The van der Waals surface area contributed by atoms with Gasteiger partial charge >= 0.3 is 0 Å². The third-order valence-electron chi connectivity index (χ3n) is 4.59. The number of rotatable bonds is 3. The van der Waals surface area contributed by atoms with Gasteiger partial charge in [0.15, 0.2) is 5.65 Å². The molecule has 1 N–H and O–H groups in total. The van der Waals surface area contributed by atoms with E-state index in [-0.39, 0.29) is 12.6 Å². The Kier molecular flexibility index (Phi) is 3.63. The average Bonchev–Trinajstić information content (AvgIpc) is 3.28. The fraction of sp³-hybridized carbons (Fsp3) is 0.278. The van der Waals surface area contributed by atoms with Crippen molar-refractivity contribution in [3.05, 3.63) is 48.3 Å². The van der Waals surface area contributed by atoms with Crippen molar-refractivity contribution in [1.29, 1.82) is 5.26 Å². The summed E-state index contributed by atoms with van der Waals surface area (Å²) < 4.78 is 1.83. The highest BCUT2D eigenvalue weighted by molar-refractivity contribution is 5.78. The Balaban J connectivity index is 1.80. The maximum absolute atomic E-state index is 9.59. The van der Waals surface area contributed by atoms with E-state index in [1.54, 1.807) is 24.5 Å². The molecular formula is C18H17N5O. The van der Waals surface area contributed by atoms with Crippen LogP contribution < -0.4 is 4.90 Å². The molecule has 3 heterocycles. The molecule has 0 saturated carbocycles. The van der Waals surface area contributed by atoms with Crippen LogP contribution in [0.3, 0.4) is 0 Å². The number of hydrogen-bond acceptors (Lipinski definition) is 5. The second kappa shape index (κ2) is 5.95. The maximum Gasteiger partial charge on any atom is 0.165 e. The fourth-order valence-electron chi connectivity index (χ4n) is 3.35. The van der Waals surface area contributed by atoms with Gasteiger partial charge in [-0.1, -0.05) is 12.1 Å². The third kappa shape index (κ3) is 2.30. The first-order valence-corrected chi connectivity index (χ1v) is 8.02. The number of anilines is 1. The molecule has 4 rings (SSSR count). The topological polar surface area (TPSA) is 77.5 Å². The van der Waals surface area contributed by atoms with E-state index in [1.165, 1.54) is 0 Å². The van der Waals surface area contributed by atoms with Gasteiger partial charge in [-0.3, -0.25) is 0 Å². The van der Waals surface area contributed by atoms with E-state index in [4.69, 9.17) is 5.26 Å². The predicted octanol–water partition coefficient (Wildman–Crippen LogP) is 2.23. The number of nitrogens with zero attached hydrogens (tertiary/aromatic N) is 5. The van der Waals surface area contributed by atoms with Crippen molar-refractivity contribution in [3.8, 4) is 17.2 Å². The molecule has 1 aromatic carbocycles. The van der Waals surface area contributed by atoms with Gasteiger partial charge in [0.1, 0.15) is 5.82 Å². The monoisotopic (exact) mass is 319 g/mol. The summed E-state index contributed by atoms with van der Waals surface area (Å²) in [5, 5.41) is 23.0. The van der Waals surface area contributed by atoms with Gasteiger partial charge in [0.05, 0.1) is 30.5 Å². The summed E-state index contributed by atoms with van der Waals surface area (Å²) in [6, 6.07) is 11.6. The summed E-state index contributed by atoms with van der Waals surface area (Å²) >= 11 is 0. The van der Waals surface area contributed by atoms with Gasteiger partial charge in [0, 0.05) is 18.3 Å². The van der Waals surface area contributed by atoms with E-state index in [0.717, 1.165) is 42.0 Å². The molecule has 0 spiro atoms. The van der Waals surface area contributed by atoms with Crippen LogP contribution in [0.4, 0.5) is 5.82 Å². The number of fused-ring (bicyclic) bond motifs is 1. The van der Waals surface area contributed by atoms with Gasteiger partial charge in [0.2, 0.25) is 0 Å². The molecule has 6 nitrogen and oxygen atoms in total. The molecule has 0 amide bonds. The Bertz CT molecular complexity index is 909. The molecule has 0 radical (unpaired) electrons. The van der Waals surface area contributed by atoms with E-state index in [9.17, 15) is 5.11 Å². The molecule has 2 aromatic heterocycles. The van der Waals surface area contributed by atoms with Crippen LogP contribution in [0, 0.1) is 11.3 Å². The number of aliphatic hydroxyl groups excluding tert-OH is 1. The van der Waals surface area contributed by atoms with Crippen LogP contribution >= 0.6 is 0 Å². The molecule has 3 aromatic rings. The lowest BCUT2D eigenvalue weighted by molar-refractivity contribution is 0.265. The van der Waals surface area contributed by atoms with Crippen molar-refractivity contribution in [1.82, 2.24) is 14.6 Å². The summed E-state index contributed by atoms with van der Waals surface area (Å²) in [6.45, 7) is 1.06. The maximum atomic E-state index is 9.59. The normalized spacial score (nSPS) is 17.3. The Hall–Kier alpha value is -2.91. The molecule has 6 heteroatoms. The highest BCUT2D eigenvalue weighted by Gasteiger charge is 2.26. The van der Waals surface area contributed by atoms with Crippen LogP contribution in [-0.2, 0) is 0 Å². The molecule has 1 aliphatic heterocycles. The minimum atomic E-state index is 0.137. The van der Waals surface area contributed by atoms with Crippen LogP contribution in [-0.4, -0.2) is 38.9 Å². The summed E-state index contributed by atoms with van der Waals surface area (Å²) in [5.74, 6) is 0.955. The lowest BCUT2D eigenvalue weighted by Gasteiger charge is -2.25. The Morgan fingerprint density at radius 1 is 1.25 bits per heavy atom. The molecule has 1 aliphatic rings. The predicted molar refractivity (Wildman–Crippen MR) is 90.6 cm³/mol. The Morgan fingerprint density at radius 3 is 2.83 bits per heavy atom. The van der Waals surface area contributed by atoms with Gasteiger partial charge in [-0.2, -0.15) is 14.9 Å². The lowest BCUT2D eigenvalue weighted by atomic mass is 10.1. The van der Waals surface area contributed by atoms with E-state index in [0.29, 0.717) is 5.56 Å². The standard InChI is InChI=1S/C18H17N5O/c19-10-13-3-5-14(6-4-13)16-11-21-23-17(7-8-20-18(16)23)22-9-1-2-15(22)12-24/h3-8,11,15,24H,1-2,9,12H2/t15-/m0/s1. The molecule has 1 saturated heterocycles. The van der Waals surface area contributed by atoms with Crippen LogP contribution in [0.1, 0.15) is 18.4 Å². The fourth-order valence-corrected chi connectivity index (χ4v) is 3.35. The van der Waals surface area contributed by atoms with Crippen molar-refractivity contribution in [2.45, 2.75) is 18.9 Å². The first-order chi connectivity index (χ1) is 11.8. The van der Waals surface area contributed by atoms with Crippen molar-refractivity contribution in [3.63, 3.8) is 0 Å². The van der Waals surface area contributed by atoms with Crippen molar-refractivity contribution < 1.29 is 5.11 Å². The quantitative estimate of drug-likeness (QED) is 0.801. The average molecular weight is 319 g/mol. The molecule has 0 bridgehead atoms. The number of benzene rings is 1. The van der Waals surface area contributed by atoms with Gasteiger partial charge in [-0.05, 0) is 36.6 Å². The van der Waals surface area contributed by atoms with E-state index >= 15 is 0 Å². The zero-order valence-corrected chi connectivity index (χ0v) is 13.1. The highest BCUT2D eigenvalue weighted by atomic mass is 16.3. The summed E-state index contributed by atoms with van der Waals surface area (Å²) in [7, 11) is 0. The molecule has 1 atom stereocenters. The number of nitriles is 1. The van der Waals surface area contributed by atoms with Gasteiger partial charge in [-0.15, -0.1) is 0 Å².